The molecule has 2 saturated heterocycles. The van der Waals surface area contributed by atoms with Crippen LogP contribution in [0.3, 0.4) is 0 Å². The molecule has 2 aliphatic rings. The summed E-state index contributed by atoms with van der Waals surface area (Å²) in [6, 6.07) is 7.62. The summed E-state index contributed by atoms with van der Waals surface area (Å²) in [6.07, 6.45) is -0.656. The van der Waals surface area contributed by atoms with Crippen molar-refractivity contribution in [3.63, 3.8) is 0 Å². The van der Waals surface area contributed by atoms with Crippen molar-refractivity contribution in [3.05, 3.63) is 30.6 Å². The van der Waals surface area contributed by atoms with Gasteiger partial charge in [-0.1, -0.05) is 0 Å². The maximum atomic E-state index is 10.4. The van der Waals surface area contributed by atoms with E-state index in [2.05, 4.69) is 9.97 Å². The van der Waals surface area contributed by atoms with Crippen LogP contribution in [0.2, 0.25) is 0 Å². The molecule has 0 bridgehead atoms. The molecule has 1 unspecified atom stereocenters. The van der Waals surface area contributed by atoms with Crippen molar-refractivity contribution < 1.29 is 28.2 Å². The zero-order valence-electron chi connectivity index (χ0n) is 17.7. The zero-order chi connectivity index (χ0) is 22.5. The van der Waals surface area contributed by atoms with E-state index in [9.17, 15) is 4.89 Å². The van der Waals surface area contributed by atoms with E-state index in [1.165, 1.54) is 18.1 Å². The van der Waals surface area contributed by atoms with Gasteiger partial charge < -0.3 is 0 Å². The predicted molar refractivity (Wildman–Crippen MR) is 121 cm³/mol. The number of aromatic nitrogens is 4. The summed E-state index contributed by atoms with van der Waals surface area (Å²) in [7, 11) is 1.54. The Bertz CT molecular complexity index is 1130. The van der Waals surface area contributed by atoms with E-state index in [1.807, 2.05) is 28.8 Å². The first-order valence-electron chi connectivity index (χ1n) is 9.93. The van der Waals surface area contributed by atoms with Gasteiger partial charge in [0.2, 0.25) is 0 Å². The molecule has 32 heavy (non-hydrogen) atoms. The monoisotopic (exact) mass is 479 g/mol. The van der Waals surface area contributed by atoms with Crippen LogP contribution < -0.4 is 10.5 Å². The van der Waals surface area contributed by atoms with Crippen molar-refractivity contribution in [3.8, 4) is 5.75 Å². The predicted octanol–water partition coefficient (Wildman–Crippen LogP) is 0.931. The minimum atomic E-state index is -3.24. The summed E-state index contributed by atoms with van der Waals surface area (Å²) in [5.41, 5.74) is 7.08. The summed E-state index contributed by atoms with van der Waals surface area (Å²) in [6.45, 7) is 0.213. The van der Waals surface area contributed by atoms with Gasteiger partial charge >= 0.3 is 182 Å². The molecule has 14 heteroatoms. The second kappa shape index (κ2) is 8.42. The van der Waals surface area contributed by atoms with E-state index in [0.717, 1.165) is 10.6 Å². The molecule has 0 radical (unpaired) electrons. The third kappa shape index (κ3) is 3.84. The van der Waals surface area contributed by atoms with Crippen LogP contribution >= 0.6 is 19.6 Å². The van der Waals surface area contributed by atoms with Gasteiger partial charge in [0.1, 0.15) is 0 Å². The number of nitrogens with zero attached hydrogens (tertiary/aromatic N) is 4. The average Bonchev–Trinajstić information content (AvgIpc) is 3.31. The van der Waals surface area contributed by atoms with Gasteiger partial charge in [-0.25, -0.2) is 0 Å². The average molecular weight is 479 g/mol. The summed E-state index contributed by atoms with van der Waals surface area (Å²) in [5, 5.41) is 0.605. The van der Waals surface area contributed by atoms with Gasteiger partial charge in [-0.15, -0.1) is 0 Å². The topological polar surface area (TPSA) is 136 Å². The van der Waals surface area contributed by atoms with Crippen molar-refractivity contribution in [1.29, 1.82) is 0 Å². The van der Waals surface area contributed by atoms with Crippen LogP contribution in [0, 0.1) is 0 Å². The van der Waals surface area contributed by atoms with Crippen LogP contribution in [0.1, 0.15) is 6.23 Å². The zero-order valence-corrected chi connectivity index (χ0v) is 19.5. The molecule has 1 aromatic carbocycles. The minimum absolute atomic E-state index is 0.213. The fourth-order valence-electron chi connectivity index (χ4n) is 3.92. The number of rotatable bonds is 5. The van der Waals surface area contributed by atoms with Crippen molar-refractivity contribution in [2.45, 2.75) is 34.6 Å². The number of methoxy groups -OCH3 is 2. The van der Waals surface area contributed by atoms with Crippen LogP contribution in [0.15, 0.2) is 40.6 Å². The fraction of sp³-hybridized carbons (Fsp3) is 0.389. The third-order valence-electron chi connectivity index (χ3n) is 5.42. The molecular weight excluding hydrogens is 456 g/mol. The summed E-state index contributed by atoms with van der Waals surface area (Å²) < 4.78 is 30.5. The van der Waals surface area contributed by atoms with Crippen molar-refractivity contribution >= 4 is 44.1 Å². The number of benzene rings is 1. The number of fused-ring (bicyclic) bond motifs is 2. The number of nitrogens with two attached hydrogens (primary N) is 1. The Morgan fingerprint density at radius 2 is 2.06 bits per heavy atom. The molecule has 4 atom stereocenters. The van der Waals surface area contributed by atoms with Crippen molar-refractivity contribution in [2.24, 2.45) is 0 Å². The normalized spacial score (nSPS) is 27.8. The number of nitrogen functional groups attached to an aromatic ring is 1. The van der Waals surface area contributed by atoms with Gasteiger partial charge in [-0.3, -0.25) is 0 Å². The van der Waals surface area contributed by atoms with E-state index in [0.29, 0.717) is 16.3 Å². The standard InChI is InChI=1S/C18H23BN5O6PS/c1-26-9-3-5-10(6-4-9)32-18-23-12-15(20)21-8-22-16(12)24(18)17-14(27-2)13-11(29-17)7-28-31(19,25)30-13/h3-6,8,11,13-14,17,25,31H,7,19H2,1-2H3,(H2,20,21,22)/t11-,13-,14?,17-/m1/s1. The van der Waals surface area contributed by atoms with Gasteiger partial charge in [-0.05, 0) is 0 Å². The molecule has 3 aromatic rings. The molecule has 4 heterocycles. The fourth-order valence-corrected chi connectivity index (χ4v) is 6.16. The molecule has 5 rings (SSSR count). The Hall–Kier alpha value is -1.99. The van der Waals surface area contributed by atoms with E-state index in [1.54, 1.807) is 21.8 Å². The third-order valence-corrected chi connectivity index (χ3v) is 7.81. The number of ether oxygens (including phenoxy) is 3. The SMILES string of the molecule is B[PH]1(O)OC[C@H]2O[C@@H](n3c(Sc4ccc(OC)cc4)nc4c(N)ncnc43)C(OC)[C@@H]2O1. The number of anilines is 1. The quantitative estimate of drug-likeness (QED) is 0.400. The van der Waals surface area contributed by atoms with Gasteiger partial charge in [0.25, 0.3) is 0 Å². The van der Waals surface area contributed by atoms with Crippen molar-refractivity contribution in [2.75, 3.05) is 26.6 Å². The first-order chi connectivity index (χ1) is 15.4. The number of imidazole rings is 1. The van der Waals surface area contributed by atoms with E-state index in [-0.39, 0.29) is 12.4 Å². The van der Waals surface area contributed by atoms with Crippen LogP contribution in [-0.2, 0) is 18.5 Å². The summed E-state index contributed by atoms with van der Waals surface area (Å²) in [5.74, 6) is 1.03. The molecule has 0 amide bonds. The Balaban J connectivity index is 1.57. The molecule has 3 N–H and O–H groups in total. The van der Waals surface area contributed by atoms with E-state index < -0.39 is 32.4 Å². The first kappa shape index (κ1) is 21.8. The van der Waals surface area contributed by atoms with E-state index >= 15 is 0 Å². The van der Waals surface area contributed by atoms with Gasteiger partial charge in [-0.2, -0.15) is 0 Å². The molecule has 2 aromatic heterocycles. The molecule has 0 spiro atoms. The second-order valence-electron chi connectivity index (χ2n) is 7.53. The molecule has 11 nitrogen and oxygen atoms in total. The maximum absolute atomic E-state index is 10.4. The van der Waals surface area contributed by atoms with Crippen LogP contribution in [-0.4, -0.2) is 71.1 Å². The van der Waals surface area contributed by atoms with Gasteiger partial charge in [0.05, 0.1) is 7.11 Å². The molecule has 0 aliphatic carbocycles. The summed E-state index contributed by atoms with van der Waals surface area (Å²) >= 11 is 1.42. The Kier molecular flexibility index (Phi) is 5.74. The molecule has 170 valence electrons. The van der Waals surface area contributed by atoms with Crippen molar-refractivity contribution in [1.82, 2.24) is 19.5 Å². The summed E-state index contributed by atoms with van der Waals surface area (Å²) in [4.78, 5) is 24.5. The first-order valence-corrected chi connectivity index (χ1v) is 13.0. The Morgan fingerprint density at radius 3 is 2.78 bits per heavy atom. The number of hydrogen-bond acceptors (Lipinski definition) is 11. The van der Waals surface area contributed by atoms with Crippen LogP contribution in [0.5, 0.6) is 5.75 Å². The molecule has 0 saturated carbocycles. The van der Waals surface area contributed by atoms with Gasteiger partial charge in [0, 0.05) is 0 Å². The second-order valence-corrected chi connectivity index (χ2v) is 10.9. The van der Waals surface area contributed by atoms with E-state index in [4.69, 9.17) is 34.0 Å². The number of hydrogen-bond donors (Lipinski definition) is 2. The molecule has 2 fully saturated rings. The van der Waals surface area contributed by atoms with Crippen LogP contribution in [0.4, 0.5) is 5.82 Å². The van der Waals surface area contributed by atoms with Crippen LogP contribution in [0.25, 0.3) is 11.2 Å². The Morgan fingerprint density at radius 1 is 1.28 bits per heavy atom. The molecular formula is C18H23BN5O6PS. The van der Waals surface area contributed by atoms with Gasteiger partial charge in [0.15, 0.2) is 0 Å². The molecule has 2 aliphatic heterocycles. The Labute approximate surface area is 189 Å².